The third kappa shape index (κ3) is 4.05. The minimum Gasteiger partial charge on any atom is -0.202 e. The predicted molar refractivity (Wildman–Crippen MR) is 117 cm³/mol. The molecule has 0 fully saturated rings. The zero-order valence-electron chi connectivity index (χ0n) is 17.0. The average Bonchev–Trinajstić information content (AvgIpc) is 3.37. The lowest BCUT2D eigenvalue weighted by molar-refractivity contribution is -0.138. The Morgan fingerprint density at radius 1 is 0.618 bits per heavy atom. The summed E-state index contributed by atoms with van der Waals surface area (Å²) in [5, 5.41) is 4.55. The molecule has 0 aliphatic carbocycles. The lowest BCUT2D eigenvalue weighted by Crippen LogP contribution is -2.04. The molecule has 3 nitrogen and oxygen atoms in total. The largest absolute Gasteiger partial charge is 0.416 e. The highest BCUT2D eigenvalue weighted by atomic mass is 32.1. The highest BCUT2D eigenvalue weighted by molar-refractivity contribution is 7.20. The van der Waals surface area contributed by atoms with Gasteiger partial charge in [0.1, 0.15) is 0 Å². The molecule has 0 aliphatic heterocycles. The summed E-state index contributed by atoms with van der Waals surface area (Å²) in [6.45, 7) is 0. The van der Waals surface area contributed by atoms with Crippen molar-refractivity contribution in [2.24, 2.45) is 0 Å². The molecule has 0 unspecified atom stereocenters. The summed E-state index contributed by atoms with van der Waals surface area (Å²) in [7, 11) is 0. The maximum atomic E-state index is 13.1. The number of nitrogens with zero attached hydrogens (tertiary/aromatic N) is 3. The molecule has 0 saturated heterocycles. The van der Waals surface area contributed by atoms with E-state index in [9.17, 15) is 26.3 Å². The summed E-state index contributed by atoms with van der Waals surface area (Å²) in [5.74, 6) is 0.430. The van der Waals surface area contributed by atoms with E-state index in [1.165, 1.54) is 40.1 Å². The molecule has 0 bridgehead atoms. The Hall–Kier alpha value is -3.66. The normalized spacial score (nSPS) is 12.4. The third-order valence-corrected chi connectivity index (χ3v) is 6.27. The molecule has 172 valence electrons. The molecule has 0 amide bonds. The standard InChI is InChI=1S/C24H13F6N3S/c25-23(26,27)17-10-6-14(7-11-17)19-20(15-8-12-18(13-9-15)24(28,29)30)34-22-31-21(32-33(19)22)16-4-2-1-3-5-16/h1-13H. The first-order valence-corrected chi connectivity index (χ1v) is 10.7. The van der Waals surface area contributed by atoms with Gasteiger partial charge >= 0.3 is 12.4 Å². The van der Waals surface area contributed by atoms with E-state index in [1.807, 2.05) is 30.3 Å². The average molecular weight is 489 g/mol. The highest BCUT2D eigenvalue weighted by Crippen LogP contribution is 2.41. The molecule has 34 heavy (non-hydrogen) atoms. The smallest absolute Gasteiger partial charge is 0.202 e. The Bertz CT molecular complexity index is 1450. The van der Waals surface area contributed by atoms with Gasteiger partial charge in [-0.3, -0.25) is 0 Å². The number of fused-ring (bicyclic) bond motifs is 1. The molecule has 3 aromatic carbocycles. The van der Waals surface area contributed by atoms with Crippen LogP contribution in [-0.2, 0) is 12.4 Å². The molecular weight excluding hydrogens is 476 g/mol. The molecule has 0 radical (unpaired) electrons. The van der Waals surface area contributed by atoms with Crippen LogP contribution in [-0.4, -0.2) is 14.6 Å². The zero-order valence-corrected chi connectivity index (χ0v) is 17.8. The lowest BCUT2D eigenvalue weighted by atomic mass is 10.0. The van der Waals surface area contributed by atoms with Crippen molar-refractivity contribution in [1.82, 2.24) is 14.6 Å². The molecule has 5 aromatic rings. The summed E-state index contributed by atoms with van der Waals surface area (Å²) >= 11 is 1.20. The van der Waals surface area contributed by atoms with E-state index in [0.717, 1.165) is 29.8 Å². The van der Waals surface area contributed by atoms with E-state index in [4.69, 9.17) is 0 Å². The molecule has 10 heteroatoms. The van der Waals surface area contributed by atoms with Crippen LogP contribution in [0.2, 0.25) is 0 Å². The van der Waals surface area contributed by atoms with Gasteiger partial charge in [-0.2, -0.15) is 31.3 Å². The van der Waals surface area contributed by atoms with Crippen molar-refractivity contribution >= 4 is 16.3 Å². The summed E-state index contributed by atoms with van der Waals surface area (Å²) in [6.07, 6.45) is -8.97. The fraction of sp³-hybridized carbons (Fsp3) is 0.0833. The van der Waals surface area contributed by atoms with Crippen LogP contribution >= 0.6 is 11.3 Å². The van der Waals surface area contributed by atoms with Gasteiger partial charge in [0.05, 0.1) is 21.7 Å². The predicted octanol–water partition coefficient (Wildman–Crippen LogP) is 7.83. The number of benzene rings is 3. The van der Waals surface area contributed by atoms with Crippen molar-refractivity contribution in [2.45, 2.75) is 12.4 Å². The van der Waals surface area contributed by atoms with Gasteiger partial charge in [-0.15, -0.1) is 5.10 Å². The van der Waals surface area contributed by atoms with Crippen molar-refractivity contribution < 1.29 is 26.3 Å². The van der Waals surface area contributed by atoms with Crippen molar-refractivity contribution in [3.05, 3.63) is 90.0 Å². The first kappa shape index (κ1) is 22.1. The minimum atomic E-state index is -4.49. The first-order chi connectivity index (χ1) is 16.1. The van der Waals surface area contributed by atoms with Crippen LogP contribution in [0.1, 0.15) is 11.1 Å². The van der Waals surface area contributed by atoms with E-state index in [2.05, 4.69) is 10.1 Å². The van der Waals surface area contributed by atoms with Crippen molar-refractivity contribution in [1.29, 1.82) is 0 Å². The van der Waals surface area contributed by atoms with E-state index in [1.54, 1.807) is 0 Å². The monoisotopic (exact) mass is 489 g/mol. The van der Waals surface area contributed by atoms with Crippen molar-refractivity contribution in [3.63, 3.8) is 0 Å². The van der Waals surface area contributed by atoms with Crippen LogP contribution < -0.4 is 0 Å². The fourth-order valence-electron chi connectivity index (χ4n) is 3.53. The van der Waals surface area contributed by atoms with Crippen LogP contribution in [0.15, 0.2) is 78.9 Å². The van der Waals surface area contributed by atoms with Gasteiger partial charge in [0, 0.05) is 11.1 Å². The lowest BCUT2D eigenvalue weighted by Gasteiger charge is -2.10. The van der Waals surface area contributed by atoms with Crippen molar-refractivity contribution in [2.75, 3.05) is 0 Å². The molecule has 0 N–H and O–H groups in total. The van der Waals surface area contributed by atoms with Gasteiger partial charge in [-0.1, -0.05) is 65.9 Å². The molecule has 5 rings (SSSR count). The summed E-state index contributed by atoms with van der Waals surface area (Å²) in [5.41, 5.74) is 0.511. The molecule has 0 saturated carbocycles. The second-order valence-corrected chi connectivity index (χ2v) is 8.40. The Labute approximate surface area is 192 Å². The number of halogens is 6. The second-order valence-electron chi connectivity index (χ2n) is 7.43. The Kier molecular flexibility index (Phi) is 5.20. The van der Waals surface area contributed by atoms with E-state index in [0.29, 0.717) is 32.5 Å². The maximum absolute atomic E-state index is 13.1. The van der Waals surface area contributed by atoms with Gasteiger partial charge in [0.25, 0.3) is 0 Å². The molecule has 0 aliphatic rings. The number of hydrogen-bond donors (Lipinski definition) is 0. The van der Waals surface area contributed by atoms with Gasteiger partial charge in [0.2, 0.25) is 4.96 Å². The maximum Gasteiger partial charge on any atom is 0.416 e. The van der Waals surface area contributed by atoms with Crippen LogP contribution in [0, 0.1) is 0 Å². The zero-order chi connectivity index (χ0) is 24.1. The SMILES string of the molecule is FC(F)(F)c1ccc(-c2sc3nc(-c4ccccc4)nn3c2-c2ccc(C(F)(F)F)cc2)cc1. The second kappa shape index (κ2) is 7.98. The topological polar surface area (TPSA) is 30.2 Å². The van der Waals surface area contributed by atoms with E-state index in [-0.39, 0.29) is 0 Å². The fourth-order valence-corrected chi connectivity index (χ4v) is 4.62. The van der Waals surface area contributed by atoms with E-state index < -0.39 is 23.5 Å². The minimum absolute atomic E-state index is 0.429. The first-order valence-electron chi connectivity index (χ1n) is 9.91. The highest BCUT2D eigenvalue weighted by Gasteiger charge is 2.31. The Balaban J connectivity index is 1.68. The molecule has 0 atom stereocenters. The quantitative estimate of drug-likeness (QED) is 0.242. The molecule has 2 aromatic heterocycles. The number of aromatic nitrogens is 3. The Morgan fingerprint density at radius 3 is 1.68 bits per heavy atom. The van der Waals surface area contributed by atoms with Crippen LogP contribution in [0.25, 0.3) is 38.0 Å². The van der Waals surface area contributed by atoms with Gasteiger partial charge in [-0.05, 0) is 29.8 Å². The molecular formula is C24H13F6N3S. The number of thiazole rings is 1. The Morgan fingerprint density at radius 2 is 1.15 bits per heavy atom. The van der Waals surface area contributed by atoms with Crippen LogP contribution in [0.5, 0.6) is 0 Å². The summed E-state index contributed by atoms with van der Waals surface area (Å²) in [4.78, 5) is 5.55. The number of alkyl halides is 6. The van der Waals surface area contributed by atoms with Gasteiger partial charge in [0.15, 0.2) is 5.82 Å². The molecule has 2 heterocycles. The number of hydrogen-bond acceptors (Lipinski definition) is 3. The van der Waals surface area contributed by atoms with Crippen LogP contribution in [0.4, 0.5) is 26.3 Å². The van der Waals surface area contributed by atoms with Crippen molar-refractivity contribution in [3.8, 4) is 33.1 Å². The van der Waals surface area contributed by atoms with Gasteiger partial charge < -0.3 is 0 Å². The van der Waals surface area contributed by atoms with Crippen LogP contribution in [0.3, 0.4) is 0 Å². The van der Waals surface area contributed by atoms with Gasteiger partial charge in [-0.25, -0.2) is 4.52 Å². The summed E-state index contributed by atoms with van der Waals surface area (Å²) < 4.78 is 79.7. The molecule has 0 spiro atoms. The third-order valence-electron chi connectivity index (χ3n) is 5.19. The number of rotatable bonds is 3. The van der Waals surface area contributed by atoms with E-state index >= 15 is 0 Å². The summed E-state index contributed by atoms with van der Waals surface area (Å²) in [6, 6.07) is 18.3.